The molecule has 6 rings (SSSR count). The van der Waals surface area contributed by atoms with Gasteiger partial charge in [0.15, 0.2) is 11.5 Å². The summed E-state index contributed by atoms with van der Waals surface area (Å²) in [6, 6.07) is 31.4. The standard InChI is InChI=1S/C28H18O4/c29-28-27(22-12-6-10-18-9-4-5-11-21(18)22)23(19-7-2-1-3-8-19)16-25(32-28)20-13-14-24-26(15-20)31-17-30-24/h1-16H,17H2. The second-order valence-electron chi connectivity index (χ2n) is 7.65. The predicted molar refractivity (Wildman–Crippen MR) is 125 cm³/mol. The SMILES string of the molecule is O=c1oc(-c2ccc3c(c2)OCO3)cc(-c2ccccc2)c1-c1cccc2ccccc12. The van der Waals surface area contributed by atoms with Gasteiger partial charge in [-0.25, -0.2) is 4.79 Å². The van der Waals surface area contributed by atoms with Crippen LogP contribution in [0.1, 0.15) is 0 Å². The molecule has 4 nitrogen and oxygen atoms in total. The summed E-state index contributed by atoms with van der Waals surface area (Å²) in [6.45, 7) is 0.192. The summed E-state index contributed by atoms with van der Waals surface area (Å²) in [5.41, 5.74) is 3.56. The molecule has 0 unspecified atom stereocenters. The molecule has 2 heterocycles. The van der Waals surface area contributed by atoms with Crippen LogP contribution in [0.3, 0.4) is 0 Å². The van der Waals surface area contributed by atoms with Crippen LogP contribution < -0.4 is 15.1 Å². The van der Waals surface area contributed by atoms with E-state index in [0.717, 1.165) is 33.0 Å². The molecule has 0 fully saturated rings. The Morgan fingerprint density at radius 1 is 0.625 bits per heavy atom. The van der Waals surface area contributed by atoms with Crippen molar-refractivity contribution >= 4 is 10.8 Å². The van der Waals surface area contributed by atoms with Gasteiger partial charge in [-0.3, -0.25) is 0 Å². The van der Waals surface area contributed by atoms with Crippen molar-refractivity contribution in [1.82, 2.24) is 0 Å². The van der Waals surface area contributed by atoms with E-state index in [-0.39, 0.29) is 12.4 Å². The average Bonchev–Trinajstić information content (AvgIpc) is 3.32. The van der Waals surface area contributed by atoms with Gasteiger partial charge in [0.1, 0.15) is 5.76 Å². The first kappa shape index (κ1) is 18.5. The molecular weight excluding hydrogens is 400 g/mol. The van der Waals surface area contributed by atoms with Crippen LogP contribution in [0.15, 0.2) is 106 Å². The Morgan fingerprint density at radius 2 is 1.41 bits per heavy atom. The van der Waals surface area contributed by atoms with Gasteiger partial charge >= 0.3 is 5.63 Å². The molecule has 5 aromatic rings. The molecule has 0 amide bonds. The number of hydrogen-bond donors (Lipinski definition) is 0. The van der Waals surface area contributed by atoms with E-state index in [2.05, 4.69) is 0 Å². The van der Waals surface area contributed by atoms with E-state index in [1.807, 2.05) is 97.1 Å². The highest BCUT2D eigenvalue weighted by molar-refractivity contribution is 6.00. The summed E-state index contributed by atoms with van der Waals surface area (Å²) < 4.78 is 16.8. The van der Waals surface area contributed by atoms with E-state index >= 15 is 0 Å². The second-order valence-corrected chi connectivity index (χ2v) is 7.65. The van der Waals surface area contributed by atoms with Crippen LogP contribution in [0.5, 0.6) is 11.5 Å². The fourth-order valence-corrected chi connectivity index (χ4v) is 4.23. The molecule has 0 bridgehead atoms. The lowest BCUT2D eigenvalue weighted by molar-refractivity contribution is 0.174. The Labute approximate surface area is 184 Å². The highest BCUT2D eigenvalue weighted by Crippen LogP contribution is 2.39. The summed E-state index contributed by atoms with van der Waals surface area (Å²) in [5, 5.41) is 2.08. The summed E-state index contributed by atoms with van der Waals surface area (Å²) in [5.74, 6) is 1.81. The van der Waals surface area contributed by atoms with Gasteiger partial charge in [-0.2, -0.15) is 0 Å². The number of rotatable bonds is 3. The first-order valence-electron chi connectivity index (χ1n) is 10.4. The van der Waals surface area contributed by atoms with Crippen molar-refractivity contribution in [3.8, 4) is 45.1 Å². The Hall–Kier alpha value is -4.31. The van der Waals surface area contributed by atoms with Crippen LogP contribution in [0.25, 0.3) is 44.3 Å². The van der Waals surface area contributed by atoms with Gasteiger partial charge in [-0.15, -0.1) is 0 Å². The molecule has 0 radical (unpaired) electrons. The summed E-state index contributed by atoms with van der Waals surface area (Å²) in [7, 11) is 0. The number of fused-ring (bicyclic) bond motifs is 2. The zero-order valence-electron chi connectivity index (χ0n) is 17.1. The van der Waals surface area contributed by atoms with Gasteiger partial charge in [0.25, 0.3) is 0 Å². The smallest absolute Gasteiger partial charge is 0.344 e. The lowest BCUT2D eigenvalue weighted by atomic mass is 9.92. The molecule has 1 aromatic heterocycles. The van der Waals surface area contributed by atoms with E-state index in [1.165, 1.54) is 0 Å². The molecule has 0 N–H and O–H groups in total. The van der Waals surface area contributed by atoms with E-state index in [9.17, 15) is 4.79 Å². The molecule has 0 spiro atoms. The number of benzene rings is 4. The highest BCUT2D eigenvalue weighted by Gasteiger charge is 2.20. The third-order valence-corrected chi connectivity index (χ3v) is 5.75. The molecule has 0 aliphatic carbocycles. The van der Waals surface area contributed by atoms with Crippen molar-refractivity contribution in [2.24, 2.45) is 0 Å². The van der Waals surface area contributed by atoms with Crippen LogP contribution in [0.2, 0.25) is 0 Å². The van der Waals surface area contributed by atoms with Gasteiger partial charge in [0.2, 0.25) is 6.79 Å². The Morgan fingerprint density at radius 3 is 2.31 bits per heavy atom. The molecule has 32 heavy (non-hydrogen) atoms. The maximum atomic E-state index is 13.5. The lowest BCUT2D eigenvalue weighted by Crippen LogP contribution is -2.06. The second kappa shape index (κ2) is 7.43. The van der Waals surface area contributed by atoms with Gasteiger partial charge < -0.3 is 13.9 Å². The van der Waals surface area contributed by atoms with Crippen molar-refractivity contribution in [2.75, 3.05) is 6.79 Å². The third kappa shape index (κ3) is 3.05. The first-order chi connectivity index (χ1) is 15.8. The topological polar surface area (TPSA) is 48.7 Å². The van der Waals surface area contributed by atoms with Crippen LogP contribution in [-0.2, 0) is 0 Å². The molecule has 0 saturated heterocycles. The van der Waals surface area contributed by atoms with Crippen molar-refractivity contribution in [1.29, 1.82) is 0 Å². The summed E-state index contributed by atoms with van der Waals surface area (Å²) >= 11 is 0. The van der Waals surface area contributed by atoms with E-state index in [4.69, 9.17) is 13.9 Å². The normalized spacial score (nSPS) is 12.2. The third-order valence-electron chi connectivity index (χ3n) is 5.75. The Kier molecular flexibility index (Phi) is 4.29. The number of ether oxygens (including phenoxy) is 2. The minimum Gasteiger partial charge on any atom is -0.454 e. The maximum absolute atomic E-state index is 13.5. The van der Waals surface area contributed by atoms with Crippen molar-refractivity contribution in [3.05, 3.63) is 107 Å². The predicted octanol–water partition coefficient (Wildman–Crippen LogP) is 6.52. The van der Waals surface area contributed by atoms with Crippen LogP contribution in [-0.4, -0.2) is 6.79 Å². The molecule has 1 aliphatic rings. The molecule has 1 aliphatic heterocycles. The highest BCUT2D eigenvalue weighted by atomic mass is 16.7. The quantitative estimate of drug-likeness (QED) is 0.335. The maximum Gasteiger partial charge on any atom is 0.344 e. The Balaban J connectivity index is 1.63. The van der Waals surface area contributed by atoms with Crippen molar-refractivity contribution < 1.29 is 13.9 Å². The molecule has 0 saturated carbocycles. The van der Waals surface area contributed by atoms with Crippen LogP contribution in [0, 0.1) is 0 Å². The minimum atomic E-state index is -0.379. The lowest BCUT2D eigenvalue weighted by Gasteiger charge is -2.13. The largest absolute Gasteiger partial charge is 0.454 e. The van der Waals surface area contributed by atoms with Crippen LogP contribution >= 0.6 is 0 Å². The zero-order valence-corrected chi connectivity index (χ0v) is 17.1. The molecular formula is C28H18O4. The van der Waals surface area contributed by atoms with E-state index < -0.39 is 0 Å². The molecule has 4 heteroatoms. The minimum absolute atomic E-state index is 0.192. The van der Waals surface area contributed by atoms with E-state index in [1.54, 1.807) is 0 Å². The molecule has 4 aromatic carbocycles. The van der Waals surface area contributed by atoms with Crippen molar-refractivity contribution in [3.63, 3.8) is 0 Å². The fourth-order valence-electron chi connectivity index (χ4n) is 4.23. The van der Waals surface area contributed by atoms with E-state index in [0.29, 0.717) is 22.8 Å². The molecule has 0 atom stereocenters. The van der Waals surface area contributed by atoms with Gasteiger partial charge in [0.05, 0.1) is 5.56 Å². The monoisotopic (exact) mass is 418 g/mol. The van der Waals surface area contributed by atoms with Crippen molar-refractivity contribution in [2.45, 2.75) is 0 Å². The summed E-state index contributed by atoms with van der Waals surface area (Å²) in [4.78, 5) is 13.5. The van der Waals surface area contributed by atoms with Gasteiger partial charge in [-0.05, 0) is 46.2 Å². The van der Waals surface area contributed by atoms with Gasteiger partial charge in [0, 0.05) is 11.1 Å². The van der Waals surface area contributed by atoms with Crippen LogP contribution in [0.4, 0.5) is 0 Å². The Bertz CT molecular complexity index is 1510. The number of hydrogen-bond acceptors (Lipinski definition) is 4. The zero-order chi connectivity index (χ0) is 21.5. The summed E-state index contributed by atoms with van der Waals surface area (Å²) in [6.07, 6.45) is 0. The fraction of sp³-hybridized carbons (Fsp3) is 0.0357. The molecule has 154 valence electrons. The first-order valence-corrected chi connectivity index (χ1v) is 10.4. The average molecular weight is 418 g/mol. The van der Waals surface area contributed by atoms with Gasteiger partial charge in [-0.1, -0.05) is 72.8 Å².